The number of hydrogen-bond acceptors (Lipinski definition) is 6. The van der Waals surface area contributed by atoms with Crippen molar-refractivity contribution in [2.75, 3.05) is 20.1 Å². The smallest absolute Gasteiger partial charge is 0.303 e. The summed E-state index contributed by atoms with van der Waals surface area (Å²) in [5.74, 6) is -3.09. The van der Waals surface area contributed by atoms with E-state index < -0.39 is 17.7 Å². The van der Waals surface area contributed by atoms with Gasteiger partial charge in [-0.05, 0) is 126 Å². The Morgan fingerprint density at radius 3 is 1.93 bits per heavy atom. The van der Waals surface area contributed by atoms with Gasteiger partial charge in [0.2, 0.25) is 0 Å². The Bertz CT molecular complexity index is 1670. The summed E-state index contributed by atoms with van der Waals surface area (Å²) in [4.78, 5) is 45.5. The molecule has 2 heterocycles. The first-order valence-corrected chi connectivity index (χ1v) is 20.2. The molecule has 2 saturated heterocycles. The maximum atomic E-state index is 14.4. The fourth-order valence-electron chi connectivity index (χ4n) is 7.17. The van der Waals surface area contributed by atoms with Crippen LogP contribution < -0.4 is 5.32 Å². The van der Waals surface area contributed by atoms with Crippen molar-refractivity contribution in [2.24, 2.45) is 11.8 Å². The van der Waals surface area contributed by atoms with Crippen LogP contribution >= 0.6 is 0 Å². The number of benzene rings is 2. The summed E-state index contributed by atoms with van der Waals surface area (Å²) in [6.45, 7) is 21.6. The van der Waals surface area contributed by atoms with E-state index in [4.69, 9.17) is 5.11 Å². The van der Waals surface area contributed by atoms with Gasteiger partial charge in [0.05, 0.1) is 18.0 Å². The third-order valence-corrected chi connectivity index (χ3v) is 10.6. The van der Waals surface area contributed by atoms with Crippen LogP contribution in [0.4, 0.5) is 13.2 Å². The molecule has 2 aromatic carbocycles. The number of aldehydes is 1. The van der Waals surface area contributed by atoms with Gasteiger partial charge in [-0.15, -0.1) is 5.56 Å². The number of piperidine rings is 2. The van der Waals surface area contributed by atoms with E-state index in [-0.39, 0.29) is 58.5 Å². The van der Waals surface area contributed by atoms with Crippen molar-refractivity contribution in [3.8, 4) is 11.1 Å². The molecule has 3 fully saturated rings. The summed E-state index contributed by atoms with van der Waals surface area (Å²) in [5.41, 5.74) is 4.82. The summed E-state index contributed by atoms with van der Waals surface area (Å²) in [7, 11) is 1.83. The number of fused-ring (bicyclic) bond motifs is 3. The predicted molar refractivity (Wildman–Crippen MR) is 225 cm³/mol. The van der Waals surface area contributed by atoms with E-state index in [1.54, 1.807) is 26.8 Å². The van der Waals surface area contributed by atoms with E-state index in [0.29, 0.717) is 23.3 Å². The maximum Gasteiger partial charge on any atom is 0.303 e. The maximum absolute atomic E-state index is 14.4. The fraction of sp³-hybridized carbons (Fsp3) is 0.574. The first-order chi connectivity index (χ1) is 26.6. The van der Waals surface area contributed by atoms with E-state index in [0.717, 1.165) is 59.7 Å². The van der Waals surface area contributed by atoms with Crippen LogP contribution in [0.15, 0.2) is 47.6 Å². The molecule has 0 amide bonds. The van der Waals surface area contributed by atoms with Gasteiger partial charge < -0.3 is 15.3 Å². The van der Waals surface area contributed by atoms with Crippen LogP contribution in [-0.2, 0) is 36.5 Å². The van der Waals surface area contributed by atoms with Crippen molar-refractivity contribution in [3.63, 3.8) is 0 Å². The molecule has 2 atom stereocenters. The van der Waals surface area contributed by atoms with Crippen molar-refractivity contribution in [1.82, 2.24) is 10.2 Å². The van der Waals surface area contributed by atoms with Crippen LogP contribution in [0.1, 0.15) is 129 Å². The minimum absolute atomic E-state index is 0. The van der Waals surface area contributed by atoms with Crippen molar-refractivity contribution in [2.45, 2.75) is 145 Å². The zero-order valence-corrected chi connectivity index (χ0v) is 38.1. The Balaban J connectivity index is 0.000000785. The molecule has 2 aromatic rings. The number of nitrogens with one attached hydrogen (secondary N) is 1. The van der Waals surface area contributed by atoms with Crippen molar-refractivity contribution >= 4 is 23.8 Å². The Kier molecular flexibility index (Phi) is 25.1. The summed E-state index contributed by atoms with van der Waals surface area (Å²) in [6, 6.07) is 11.5. The van der Waals surface area contributed by atoms with Crippen LogP contribution in [0.3, 0.4) is 0 Å². The van der Waals surface area contributed by atoms with Gasteiger partial charge in [-0.2, -0.15) is 29.3 Å². The summed E-state index contributed by atoms with van der Waals surface area (Å²) >= 11 is 0. The molecule has 5 rings (SSSR count). The molecule has 0 aromatic heterocycles. The largest absolute Gasteiger partial charge is 0.481 e. The van der Waals surface area contributed by atoms with E-state index in [1.807, 2.05) is 39.1 Å². The molecule has 0 unspecified atom stereocenters. The number of allylic oxidation sites excluding steroid dienone is 4. The van der Waals surface area contributed by atoms with E-state index in [9.17, 15) is 32.3 Å². The second-order valence-corrected chi connectivity index (χ2v) is 16.2. The van der Waals surface area contributed by atoms with Gasteiger partial charge >= 0.3 is 5.97 Å². The van der Waals surface area contributed by atoms with E-state index >= 15 is 0 Å². The number of carbonyl (C=O) groups is 4. The molecule has 58 heavy (non-hydrogen) atoms. The fourth-order valence-corrected chi connectivity index (χ4v) is 7.17. The van der Waals surface area contributed by atoms with Gasteiger partial charge in [-0.1, -0.05) is 59.8 Å². The molecule has 2 bridgehead atoms. The zero-order valence-electron chi connectivity index (χ0n) is 36.9. The summed E-state index contributed by atoms with van der Waals surface area (Å²) in [5, 5.41) is 11.9. The number of rotatable bonds is 14. The molecule has 3 aliphatic rings. The Morgan fingerprint density at radius 1 is 0.983 bits per heavy atom. The Labute approximate surface area is 357 Å². The first kappa shape index (κ1) is 54.6. The number of likely N-dealkylation sites (N-methyl/N-ethyl adjacent to an activating group) is 1. The number of halogens is 3. The molecule has 1 saturated carbocycles. The molecule has 324 valence electrons. The number of hydrogen-bond donors (Lipinski definition) is 2. The number of ketones is 2. The predicted octanol–water partition coefficient (Wildman–Crippen LogP) is 10.6. The molecule has 2 aliphatic heterocycles. The molecule has 0 radical (unpaired) electrons. The van der Waals surface area contributed by atoms with Gasteiger partial charge in [-0.3, -0.25) is 19.2 Å². The minimum Gasteiger partial charge on any atom is -0.481 e. The number of alkyl halides is 2. The van der Waals surface area contributed by atoms with E-state index in [1.165, 1.54) is 59.0 Å². The minimum atomic E-state index is -2.93. The number of aryl methyl sites for hydroxylation is 3. The van der Waals surface area contributed by atoms with Gasteiger partial charge in [0.1, 0.15) is 11.6 Å². The third-order valence-electron chi connectivity index (χ3n) is 10.6. The second-order valence-electron chi connectivity index (χ2n) is 16.2. The van der Waals surface area contributed by atoms with Crippen LogP contribution in [0, 0.1) is 44.5 Å². The molecule has 2 N–H and O–H groups in total. The second kappa shape index (κ2) is 26.7. The molecule has 11 heteroatoms. The van der Waals surface area contributed by atoms with Gasteiger partial charge in [0, 0.05) is 36.9 Å². The molecular weight excluding hydrogens is 782 g/mol. The zero-order chi connectivity index (χ0) is 43.6. The molecular formula is C47H68CrF3N2O5-. The van der Waals surface area contributed by atoms with Crippen molar-refractivity contribution in [3.05, 3.63) is 81.7 Å². The van der Waals surface area contributed by atoms with Gasteiger partial charge in [-0.25, -0.2) is 13.2 Å². The SMILES string of the molecule is CC(=O)/C(C=O)=C\C=C(/C)C(C)(F)F.CCCN1CC2CCC1CC2.CN[C@@H](CC(C)C)C(C)=O.Cc1cc(-c2c(C)c[c-]cc2C)cc([C@@H](C)CC(=O)O)c1F.[Cr]. The summed E-state index contributed by atoms with van der Waals surface area (Å²) in [6.07, 6.45) is 10.7. The average molecular weight is 850 g/mol. The monoisotopic (exact) mass is 849 g/mol. The van der Waals surface area contributed by atoms with Gasteiger partial charge in [0.15, 0.2) is 12.1 Å². The van der Waals surface area contributed by atoms with Crippen LogP contribution in [0.2, 0.25) is 0 Å². The Morgan fingerprint density at radius 2 is 1.55 bits per heavy atom. The van der Waals surface area contributed by atoms with Crippen molar-refractivity contribution < 1.29 is 54.8 Å². The normalized spacial score (nSPS) is 17.6. The average Bonchev–Trinajstić information content (AvgIpc) is 3.12. The number of carbonyl (C=O) groups excluding carboxylic acids is 3. The topological polar surface area (TPSA) is 104 Å². The first-order valence-electron chi connectivity index (χ1n) is 20.2. The number of carboxylic acid groups (broad SMARTS) is 1. The van der Waals surface area contributed by atoms with E-state index in [2.05, 4.69) is 37.1 Å². The number of aliphatic carboxylic acids is 1. The number of nitrogens with zero attached hydrogens (tertiary/aromatic N) is 1. The summed E-state index contributed by atoms with van der Waals surface area (Å²) < 4.78 is 39.6. The Hall–Kier alpha value is -3.36. The van der Waals surface area contributed by atoms with Crippen LogP contribution in [0.25, 0.3) is 11.1 Å². The molecule has 7 nitrogen and oxygen atoms in total. The third kappa shape index (κ3) is 18.7. The van der Waals surface area contributed by atoms with Crippen molar-refractivity contribution in [1.29, 1.82) is 0 Å². The van der Waals surface area contributed by atoms with Gasteiger partial charge in [0.25, 0.3) is 5.92 Å². The number of carboxylic acids is 1. The molecule has 0 spiro atoms. The molecule has 1 aliphatic carbocycles. The standard InChI is InChI=1S/C19H20FO2.C10H12F2O2.C10H19N.C8H17NO.Cr/c1-11-6-5-7-12(2)18(11)15-8-14(4)19(20)16(10-15)13(3)9-17(21)22;1-7(10(3,11)12)4-5-9(6-13)8(2)14;1-2-7-11-8-9-3-5-10(11)6-4-9;1-6(2)5-8(9-4)7(3)10;/h6-8,10,13H,9H2,1-4H3,(H,21,22);4-6H,1-3H3;9-10H,2-8H2,1H3;6,8-9H,5H2,1-4H3;/q-1;;;;/b;7-4+,9-5-;;;/t13-;;;8-;/m0..0./s1. The quantitative estimate of drug-likeness (QED) is 0.0487. The van der Waals surface area contributed by atoms with Crippen LogP contribution in [-0.4, -0.2) is 72.0 Å². The van der Waals surface area contributed by atoms with Crippen LogP contribution in [0.5, 0.6) is 0 Å². The number of Topliss-reactive ketones (excluding diaryl/α,β-unsaturated/α-hetero) is 2.